The second-order valence-electron chi connectivity index (χ2n) is 6.51. The van der Waals surface area contributed by atoms with E-state index in [9.17, 15) is 22.0 Å². The zero-order valence-corrected chi connectivity index (χ0v) is 16.7. The molecular formula is C22H20F2N2O3S. The van der Waals surface area contributed by atoms with Gasteiger partial charge in [0.2, 0.25) is 15.7 Å². The normalized spacial score (nSPS) is 11.6. The van der Waals surface area contributed by atoms with Crippen LogP contribution in [0.25, 0.3) is 0 Å². The third kappa shape index (κ3) is 5.28. The van der Waals surface area contributed by atoms with Crippen LogP contribution in [0.1, 0.15) is 17.2 Å². The smallest absolute Gasteiger partial charge is 0.325 e. The topological polar surface area (TPSA) is 75.3 Å². The number of carbonyl (C=O) groups is 1. The first-order valence-electron chi connectivity index (χ1n) is 9.13. The van der Waals surface area contributed by atoms with Gasteiger partial charge in [0.25, 0.3) is 0 Å². The van der Waals surface area contributed by atoms with E-state index in [0.29, 0.717) is 5.69 Å². The van der Waals surface area contributed by atoms with Crippen LogP contribution < -0.4 is 10.6 Å². The van der Waals surface area contributed by atoms with Gasteiger partial charge < -0.3 is 5.32 Å². The maximum absolute atomic E-state index is 12.6. The van der Waals surface area contributed by atoms with E-state index in [4.69, 9.17) is 0 Å². The molecule has 0 saturated heterocycles. The van der Waals surface area contributed by atoms with E-state index in [2.05, 4.69) is 10.6 Å². The van der Waals surface area contributed by atoms with Crippen LogP contribution >= 0.6 is 0 Å². The first kappa shape index (κ1) is 21.6. The quantitative estimate of drug-likeness (QED) is 0.567. The van der Waals surface area contributed by atoms with Crippen molar-refractivity contribution in [3.63, 3.8) is 0 Å². The molecule has 3 aromatic rings. The van der Waals surface area contributed by atoms with Crippen molar-refractivity contribution in [3.05, 3.63) is 96.1 Å². The van der Waals surface area contributed by atoms with Gasteiger partial charge in [0.05, 0.1) is 17.5 Å². The Labute approximate surface area is 173 Å². The van der Waals surface area contributed by atoms with E-state index in [1.54, 1.807) is 0 Å². The van der Waals surface area contributed by atoms with Crippen molar-refractivity contribution in [2.24, 2.45) is 0 Å². The number of hydrogen-bond acceptors (Lipinski definition) is 4. The average Bonchev–Trinajstić information content (AvgIpc) is 2.76. The van der Waals surface area contributed by atoms with E-state index in [1.165, 1.54) is 12.1 Å². The molecule has 5 nitrogen and oxygen atoms in total. The number of carbonyl (C=O) groups excluding carboxylic acids is 1. The second-order valence-corrected chi connectivity index (χ2v) is 8.43. The molecule has 0 saturated carbocycles. The molecule has 8 heteroatoms. The van der Waals surface area contributed by atoms with Crippen LogP contribution in [0.4, 0.5) is 14.5 Å². The zero-order chi connectivity index (χ0) is 21.6. The highest BCUT2D eigenvalue weighted by Gasteiger charge is 2.26. The lowest BCUT2D eigenvalue weighted by Gasteiger charge is -2.19. The molecule has 0 fully saturated rings. The Bertz CT molecular complexity index is 1030. The summed E-state index contributed by atoms with van der Waals surface area (Å²) in [5.74, 6) is -3.84. The first-order chi connectivity index (χ1) is 14.4. The fraction of sp³-hybridized carbons (Fsp3) is 0.136. The van der Waals surface area contributed by atoms with Crippen molar-refractivity contribution in [2.45, 2.75) is 16.7 Å². The van der Waals surface area contributed by atoms with Crippen LogP contribution in [0.3, 0.4) is 0 Å². The highest BCUT2D eigenvalue weighted by molar-refractivity contribution is 7.91. The molecule has 0 aliphatic rings. The van der Waals surface area contributed by atoms with Crippen molar-refractivity contribution < 1.29 is 22.0 Å². The van der Waals surface area contributed by atoms with E-state index < -0.39 is 20.5 Å². The van der Waals surface area contributed by atoms with Gasteiger partial charge in [0, 0.05) is 5.69 Å². The highest BCUT2D eigenvalue weighted by Crippen LogP contribution is 2.22. The molecule has 0 unspecified atom stereocenters. The third-order valence-electron chi connectivity index (χ3n) is 4.43. The summed E-state index contributed by atoms with van der Waals surface area (Å²) in [5.41, 5.74) is 2.31. The van der Waals surface area contributed by atoms with Crippen molar-refractivity contribution >= 4 is 21.4 Å². The summed E-state index contributed by atoms with van der Waals surface area (Å²) in [6.07, 6.45) is 0. The lowest BCUT2D eigenvalue weighted by molar-refractivity contribution is -0.115. The summed E-state index contributed by atoms with van der Waals surface area (Å²) < 4.78 is 48.1. The number of anilines is 1. The molecule has 2 N–H and O–H groups in total. The average molecular weight is 430 g/mol. The van der Waals surface area contributed by atoms with E-state index >= 15 is 0 Å². The van der Waals surface area contributed by atoms with Gasteiger partial charge >= 0.3 is 5.76 Å². The van der Waals surface area contributed by atoms with Crippen LogP contribution in [-0.4, -0.2) is 26.6 Å². The molecule has 3 aromatic carbocycles. The molecular weight excluding hydrogens is 410 g/mol. The Balaban J connectivity index is 1.66. The molecule has 1 amide bonds. The van der Waals surface area contributed by atoms with Gasteiger partial charge in [-0.2, -0.15) is 8.78 Å². The minimum absolute atomic E-state index is 0.00839. The second kappa shape index (κ2) is 9.60. The van der Waals surface area contributed by atoms with Gasteiger partial charge in [-0.15, -0.1) is 0 Å². The van der Waals surface area contributed by atoms with Crippen molar-refractivity contribution in [2.75, 3.05) is 11.9 Å². The highest BCUT2D eigenvalue weighted by atomic mass is 32.2. The standard InChI is InChI=1S/C22H20F2N2O3S/c23-22(24)30(28,29)19-13-11-18(12-14-19)26-20(27)15-25-21(16-7-3-1-4-8-16)17-9-5-2-6-10-17/h1-14,21-22,25H,15H2,(H,26,27). The molecule has 30 heavy (non-hydrogen) atoms. The summed E-state index contributed by atoms with van der Waals surface area (Å²) in [7, 11) is -4.66. The number of amides is 1. The van der Waals surface area contributed by atoms with Gasteiger partial charge in [-0.05, 0) is 35.4 Å². The predicted octanol–water partition coefficient (Wildman–Crippen LogP) is 4.00. The van der Waals surface area contributed by atoms with Crippen molar-refractivity contribution in [3.8, 4) is 0 Å². The number of nitrogens with one attached hydrogen (secondary N) is 2. The van der Waals surface area contributed by atoms with Crippen molar-refractivity contribution in [1.82, 2.24) is 5.32 Å². The van der Waals surface area contributed by atoms with Crippen LogP contribution in [0.5, 0.6) is 0 Å². The Morgan fingerprint density at radius 1 is 0.800 bits per heavy atom. The Kier molecular flexibility index (Phi) is 6.91. The minimum atomic E-state index is -4.66. The van der Waals surface area contributed by atoms with E-state index in [0.717, 1.165) is 23.3 Å². The van der Waals surface area contributed by atoms with Gasteiger partial charge in [-0.1, -0.05) is 60.7 Å². The fourth-order valence-corrected chi connectivity index (χ4v) is 3.67. The van der Waals surface area contributed by atoms with Gasteiger partial charge in [-0.25, -0.2) is 8.42 Å². The van der Waals surface area contributed by atoms with Crippen molar-refractivity contribution in [1.29, 1.82) is 0 Å². The van der Waals surface area contributed by atoms with Crippen LogP contribution in [0, 0.1) is 0 Å². The maximum Gasteiger partial charge on any atom is 0.341 e. The van der Waals surface area contributed by atoms with E-state index in [-0.39, 0.29) is 18.5 Å². The summed E-state index contributed by atoms with van der Waals surface area (Å²) in [5, 5.41) is 5.84. The molecule has 0 spiro atoms. The summed E-state index contributed by atoms with van der Waals surface area (Å²) in [4.78, 5) is 11.9. The lowest BCUT2D eigenvalue weighted by Crippen LogP contribution is -2.31. The SMILES string of the molecule is O=C(CNC(c1ccccc1)c1ccccc1)Nc1ccc(S(=O)(=O)C(F)F)cc1. The molecule has 0 aliphatic carbocycles. The minimum Gasteiger partial charge on any atom is -0.325 e. The molecule has 0 heterocycles. The Morgan fingerprint density at radius 3 is 1.77 bits per heavy atom. The molecule has 0 bridgehead atoms. The van der Waals surface area contributed by atoms with Gasteiger partial charge in [0.1, 0.15) is 0 Å². The van der Waals surface area contributed by atoms with E-state index in [1.807, 2.05) is 60.7 Å². The largest absolute Gasteiger partial charge is 0.341 e. The molecule has 0 aliphatic heterocycles. The number of benzene rings is 3. The predicted molar refractivity (Wildman–Crippen MR) is 111 cm³/mol. The number of halogens is 2. The van der Waals surface area contributed by atoms with Gasteiger partial charge in [0.15, 0.2) is 0 Å². The zero-order valence-electron chi connectivity index (χ0n) is 15.8. The number of sulfone groups is 1. The molecule has 156 valence electrons. The molecule has 0 radical (unpaired) electrons. The summed E-state index contributed by atoms with van der Waals surface area (Å²) in [6.45, 7) is -0.00839. The third-order valence-corrected chi connectivity index (χ3v) is 5.83. The molecule has 0 atom stereocenters. The number of alkyl halides is 2. The van der Waals surface area contributed by atoms with Crippen LogP contribution in [0.15, 0.2) is 89.8 Å². The Hall–Kier alpha value is -3.10. The molecule has 0 aromatic heterocycles. The number of rotatable bonds is 8. The summed E-state index contributed by atoms with van der Waals surface area (Å²) in [6, 6.07) is 23.8. The van der Waals surface area contributed by atoms with Gasteiger partial charge in [-0.3, -0.25) is 10.1 Å². The fourth-order valence-electron chi connectivity index (χ4n) is 2.95. The Morgan fingerprint density at radius 2 is 1.30 bits per heavy atom. The van der Waals surface area contributed by atoms with Crippen LogP contribution in [0.2, 0.25) is 0 Å². The monoisotopic (exact) mass is 430 g/mol. The first-order valence-corrected chi connectivity index (χ1v) is 10.7. The van der Waals surface area contributed by atoms with Crippen LogP contribution in [-0.2, 0) is 14.6 Å². The molecule has 3 rings (SSSR count). The summed E-state index contributed by atoms with van der Waals surface area (Å²) >= 11 is 0. The number of hydrogen-bond donors (Lipinski definition) is 2. The lowest BCUT2D eigenvalue weighted by atomic mass is 9.99. The maximum atomic E-state index is 12.6.